The second-order valence-electron chi connectivity index (χ2n) is 25.8. The number of benzene rings is 5. The first-order chi connectivity index (χ1) is 47.7. The van der Waals surface area contributed by atoms with Crippen molar-refractivity contribution in [2.45, 2.75) is 162 Å². The van der Waals surface area contributed by atoms with Gasteiger partial charge in [0.1, 0.15) is 89.7 Å². The largest absolute Gasteiger partial charge is 0.508 e. The van der Waals surface area contributed by atoms with E-state index in [2.05, 4.69) is 37.2 Å². The highest BCUT2D eigenvalue weighted by Crippen LogP contribution is 2.50. The minimum Gasteiger partial charge on any atom is -0.508 e. The van der Waals surface area contributed by atoms with Crippen molar-refractivity contribution in [3.63, 3.8) is 0 Å². The molecule has 7 aliphatic rings. The Morgan fingerprint density at radius 1 is 0.723 bits per heavy atom. The molecule has 11 bridgehead atoms. The molecule has 0 aliphatic carbocycles. The van der Waals surface area contributed by atoms with Crippen molar-refractivity contribution in [1.82, 2.24) is 37.2 Å². The molecule has 12 rings (SSSR count). The maximum Gasteiger partial charge on any atom is 0.330 e. The van der Waals surface area contributed by atoms with Gasteiger partial charge in [0.2, 0.25) is 41.6 Å². The van der Waals surface area contributed by atoms with Crippen LogP contribution in [0.1, 0.15) is 105 Å². The summed E-state index contributed by atoms with van der Waals surface area (Å²) in [5, 5.41) is 154. The fourth-order valence-corrected chi connectivity index (χ4v) is 13.1. The van der Waals surface area contributed by atoms with Crippen LogP contribution in [0.5, 0.6) is 46.0 Å². The number of halogens is 2. The molecule has 19 unspecified atom stereocenters. The standard InChI is InChI=1S/C66H76Cl2N8O25/c1-23(2)12-34(70-5)58(88)75-49-51(83)26-7-10-38(32(67)14-26)97-40-16-28-17-41(55(40)101-65-56(54(86)53(85)42(22-77)99-65)100-44-21-66(4,69)57(87)24(3)96-44)98-39-11-8-27(15-33(39)68)52(84)50-63(93)74-48(64(94)95)31-18-29(78)19-37(80)45(31)30-13-25(6-9-36(30)79)46(60(90)76-50)73-61(91)47(28)72-59(89)35(20-43(81)82)71-62(49)92/h6-11,13-19,23-24,34-35,42,44,46-54,56-57,61,65,70,73,77-80,83-87,91H,12,20-22,69H2,1-5H3,(H,71,92)(H,72,89)(H,74,93)(H,75,88)(H,76,90)(H,81,82)(H,94,95). The Bertz CT molecular complexity index is 4020. The fourth-order valence-electron chi connectivity index (χ4n) is 12.6. The predicted molar refractivity (Wildman–Crippen MR) is 349 cm³/mol. The smallest absolute Gasteiger partial charge is 0.330 e. The molecule has 2 fully saturated rings. The molecule has 35 heteroatoms. The number of nitrogens with one attached hydrogen (secondary N) is 7. The van der Waals surface area contributed by atoms with Crippen molar-refractivity contribution >= 4 is 64.7 Å². The highest BCUT2D eigenvalue weighted by molar-refractivity contribution is 6.32. The highest BCUT2D eigenvalue weighted by atomic mass is 35.5. The van der Waals surface area contributed by atoms with Crippen molar-refractivity contribution in [2.75, 3.05) is 13.7 Å². The summed E-state index contributed by atoms with van der Waals surface area (Å²) in [5.74, 6) is -14.9. The number of likely N-dealkylation sites (N-methyl/N-ethyl adjacent to an activating group) is 1. The van der Waals surface area contributed by atoms with Gasteiger partial charge in [-0.05, 0) is 110 Å². The van der Waals surface area contributed by atoms with E-state index in [-0.39, 0.29) is 52.0 Å². The van der Waals surface area contributed by atoms with Gasteiger partial charge in [-0.25, -0.2) is 4.79 Å². The lowest BCUT2D eigenvalue weighted by Crippen LogP contribution is -2.64. The quantitative estimate of drug-likeness (QED) is 0.0763. The average molecular weight is 1450 g/mol. The molecule has 101 heavy (non-hydrogen) atoms. The van der Waals surface area contributed by atoms with Gasteiger partial charge in [0.15, 0.2) is 29.9 Å². The molecule has 0 saturated carbocycles. The van der Waals surface area contributed by atoms with E-state index >= 15 is 9.59 Å². The number of aliphatic hydroxyl groups excluding tert-OH is 7. The summed E-state index contributed by atoms with van der Waals surface area (Å²) >= 11 is 14.1. The van der Waals surface area contributed by atoms with Crippen molar-refractivity contribution in [3.05, 3.63) is 117 Å². The Kier molecular flexibility index (Phi) is 22.6. The van der Waals surface area contributed by atoms with E-state index in [4.69, 9.17) is 57.4 Å². The summed E-state index contributed by atoms with van der Waals surface area (Å²) in [5.41, 5.74) is 2.42. The molecule has 0 spiro atoms. The van der Waals surface area contributed by atoms with E-state index in [1.54, 1.807) is 0 Å². The van der Waals surface area contributed by atoms with Crippen LogP contribution < -0.4 is 57.2 Å². The maximum absolute atomic E-state index is 15.4. The van der Waals surface area contributed by atoms with E-state index < -0.39 is 232 Å². The molecule has 0 radical (unpaired) electrons. The Hall–Kier alpha value is -8.75. The van der Waals surface area contributed by atoms with Gasteiger partial charge in [-0.3, -0.25) is 34.1 Å². The molecule has 19 atom stereocenters. The molecule has 5 aromatic carbocycles. The van der Waals surface area contributed by atoms with Crippen LogP contribution in [0.15, 0.2) is 78.9 Å². The first-order valence-corrected chi connectivity index (χ1v) is 32.4. The zero-order chi connectivity index (χ0) is 73.5. The summed E-state index contributed by atoms with van der Waals surface area (Å²) < 4.78 is 38.3. The summed E-state index contributed by atoms with van der Waals surface area (Å²) in [4.78, 5) is 101. The van der Waals surface area contributed by atoms with Gasteiger partial charge in [-0.2, -0.15) is 0 Å². The number of fused-ring (bicyclic) bond motifs is 15. The summed E-state index contributed by atoms with van der Waals surface area (Å²) in [6.07, 6.45) is -21.2. The number of hydrogen-bond donors (Lipinski definition) is 20. The highest BCUT2D eigenvalue weighted by Gasteiger charge is 2.51. The molecular formula is C66H76Cl2N8O25. The van der Waals surface area contributed by atoms with Crippen LogP contribution in [0, 0.1) is 5.92 Å². The number of rotatable bonds is 13. The van der Waals surface area contributed by atoms with Gasteiger partial charge in [-0.15, -0.1) is 0 Å². The van der Waals surface area contributed by atoms with E-state index in [9.17, 15) is 85.3 Å². The summed E-state index contributed by atoms with van der Waals surface area (Å²) in [6.45, 7) is 5.65. The molecule has 0 aromatic heterocycles. The molecule has 7 heterocycles. The van der Waals surface area contributed by atoms with Gasteiger partial charge >= 0.3 is 11.9 Å². The molecule has 7 aliphatic heterocycles. The lowest BCUT2D eigenvalue weighted by atomic mass is 9.86. The SMILES string of the molecule is CNC(CC(C)C)C(=O)NC1C(=O)NC(CC(=O)O)C(=O)NC2c3cc(c(OC4OC(CO)C(O)C(O)C4OC4CC(C)(N)C(O)C(C)O4)c(c3)Oc3ccc(cc3Cl)C(O)C3NC(=O)C(NC2O)c2ccc(O)c(c2)-c2c(O)cc(O)cc2C(C(=O)O)NC3=O)Oc2ccc(cc2Cl)C1O. The van der Waals surface area contributed by atoms with Gasteiger partial charge < -0.3 is 127 Å². The van der Waals surface area contributed by atoms with Crippen molar-refractivity contribution in [1.29, 1.82) is 0 Å². The van der Waals surface area contributed by atoms with Crippen molar-refractivity contribution in [2.24, 2.45) is 11.7 Å². The van der Waals surface area contributed by atoms with E-state index in [0.717, 1.165) is 66.7 Å². The molecule has 33 nitrogen and oxygen atoms in total. The van der Waals surface area contributed by atoms with Crippen LogP contribution in [0.25, 0.3) is 11.1 Å². The molecular weight excluding hydrogens is 1380 g/mol. The number of carboxylic acids is 2. The lowest BCUT2D eigenvalue weighted by Gasteiger charge is -2.47. The predicted octanol–water partition coefficient (Wildman–Crippen LogP) is 0.497. The van der Waals surface area contributed by atoms with E-state index in [1.165, 1.54) is 33.0 Å². The number of aromatic hydroxyl groups is 3. The van der Waals surface area contributed by atoms with Crippen molar-refractivity contribution < 1.29 is 123 Å². The number of carbonyl (C=O) groups is 7. The molecule has 5 aromatic rings. The number of nitrogens with two attached hydrogens (primary N) is 1. The van der Waals surface area contributed by atoms with Gasteiger partial charge in [-0.1, -0.05) is 55.2 Å². The van der Waals surface area contributed by atoms with E-state index in [1.807, 2.05) is 13.8 Å². The zero-order valence-corrected chi connectivity index (χ0v) is 55.8. The number of carbonyl (C=O) groups excluding carboxylic acids is 5. The van der Waals surface area contributed by atoms with Gasteiger partial charge in [0, 0.05) is 34.7 Å². The molecule has 5 amide bonds. The van der Waals surface area contributed by atoms with Gasteiger partial charge in [0.25, 0.3) is 0 Å². The third-order valence-electron chi connectivity index (χ3n) is 17.9. The molecule has 21 N–H and O–H groups in total. The number of phenols is 3. The van der Waals surface area contributed by atoms with Crippen LogP contribution in [0.2, 0.25) is 10.0 Å². The van der Waals surface area contributed by atoms with Crippen LogP contribution in [-0.2, 0) is 47.8 Å². The number of aliphatic carboxylic acids is 2. The summed E-state index contributed by atoms with van der Waals surface area (Å²) in [7, 11) is 1.47. The van der Waals surface area contributed by atoms with E-state index in [0.29, 0.717) is 0 Å². The Labute approximate surface area is 584 Å². The number of carboxylic acid groups (broad SMARTS) is 2. The number of hydrogen-bond acceptors (Lipinski definition) is 26. The fraction of sp³-hybridized carbons (Fsp3) is 0.439. The first kappa shape index (κ1) is 74.9. The Morgan fingerprint density at radius 2 is 1.35 bits per heavy atom. The second-order valence-corrected chi connectivity index (χ2v) is 26.6. The number of amides is 5. The minimum absolute atomic E-state index is 0.104. The minimum atomic E-state index is -2.50. The normalized spacial score (nSPS) is 30.2. The van der Waals surface area contributed by atoms with Gasteiger partial charge in [0.05, 0.1) is 47.4 Å². The van der Waals surface area contributed by atoms with Crippen LogP contribution in [0.4, 0.5) is 0 Å². The number of phenolic OH excluding ortho intramolecular Hbond substituents is 3. The van der Waals surface area contributed by atoms with Crippen LogP contribution in [-0.4, -0.2) is 202 Å². The third kappa shape index (κ3) is 16.0. The van der Waals surface area contributed by atoms with Crippen LogP contribution in [0.3, 0.4) is 0 Å². The van der Waals surface area contributed by atoms with Crippen molar-refractivity contribution in [3.8, 4) is 57.1 Å². The monoisotopic (exact) mass is 1450 g/mol. The summed E-state index contributed by atoms with van der Waals surface area (Å²) in [6, 6.07) is -0.379. The second kappa shape index (κ2) is 30.4. The number of aliphatic hydroxyl groups is 7. The first-order valence-electron chi connectivity index (χ1n) is 31.7. The molecule has 544 valence electrons. The van der Waals surface area contributed by atoms with Crippen LogP contribution >= 0.6 is 23.2 Å². The molecule has 2 saturated heterocycles. The Morgan fingerprint density at radius 3 is 1.93 bits per heavy atom. The third-order valence-corrected chi connectivity index (χ3v) is 18.5. The lowest BCUT2D eigenvalue weighted by molar-refractivity contribution is -0.333. The topological polar surface area (TPSA) is 528 Å². The number of ether oxygens (including phenoxy) is 6. The Balaban J connectivity index is 1.24. The maximum atomic E-state index is 15.4. The average Bonchev–Trinajstić information content (AvgIpc) is 0.774. The zero-order valence-electron chi connectivity index (χ0n) is 54.3.